The van der Waals surface area contributed by atoms with Crippen molar-refractivity contribution in [3.05, 3.63) is 26.6 Å². The van der Waals surface area contributed by atoms with E-state index in [0.29, 0.717) is 14.5 Å². The Labute approximate surface area is 113 Å². The summed E-state index contributed by atoms with van der Waals surface area (Å²) in [5.41, 5.74) is -0.0265. The van der Waals surface area contributed by atoms with Crippen molar-refractivity contribution in [2.45, 2.75) is 11.8 Å². The van der Waals surface area contributed by atoms with Crippen LogP contribution in [0.2, 0.25) is 0 Å². The Morgan fingerprint density at radius 2 is 2.31 bits per heavy atom. The summed E-state index contributed by atoms with van der Waals surface area (Å²) in [5.74, 6) is -0.796. The minimum Gasteiger partial charge on any atom is -0.465 e. The molecule has 0 unspecified atom stereocenters. The summed E-state index contributed by atoms with van der Waals surface area (Å²) in [7, 11) is 1.15. The van der Waals surface area contributed by atoms with Crippen LogP contribution in [-0.2, 0) is 10.1 Å². The van der Waals surface area contributed by atoms with Gasteiger partial charge in [-0.05, 0) is 28.2 Å². The lowest BCUT2D eigenvalue weighted by atomic mass is 10.1. The molecule has 0 aliphatic carbocycles. The van der Waals surface area contributed by atoms with E-state index in [2.05, 4.69) is 25.7 Å². The predicted molar refractivity (Wildman–Crippen MR) is 65.9 cm³/mol. The fourth-order valence-corrected chi connectivity index (χ4v) is 2.87. The first-order valence-corrected chi connectivity index (χ1v) is 6.32. The van der Waals surface area contributed by atoms with E-state index in [1.807, 2.05) is 22.6 Å². The van der Waals surface area contributed by atoms with Crippen molar-refractivity contribution < 1.29 is 18.3 Å². The number of aromatic nitrogens is 1. The third-order valence-corrected chi connectivity index (χ3v) is 3.69. The first-order valence-electron chi connectivity index (χ1n) is 4.12. The van der Waals surface area contributed by atoms with E-state index in [1.165, 1.54) is 6.20 Å². The number of halogens is 4. The van der Waals surface area contributed by atoms with Gasteiger partial charge in [-0.1, -0.05) is 15.9 Å². The van der Waals surface area contributed by atoms with Gasteiger partial charge in [-0.25, -0.2) is 13.6 Å². The molecule has 0 saturated heterocycles. The van der Waals surface area contributed by atoms with Gasteiger partial charge >= 0.3 is 5.97 Å². The molecule has 3 nitrogen and oxygen atoms in total. The third kappa shape index (κ3) is 2.68. The van der Waals surface area contributed by atoms with Gasteiger partial charge in [0.15, 0.2) is 0 Å². The third-order valence-electron chi connectivity index (χ3n) is 1.86. The Morgan fingerprint density at radius 1 is 1.69 bits per heavy atom. The zero-order chi connectivity index (χ0) is 12.3. The van der Waals surface area contributed by atoms with E-state index in [-0.39, 0.29) is 5.56 Å². The number of esters is 1. The molecular formula is C9H7BrF2INO2. The second kappa shape index (κ2) is 5.85. The van der Waals surface area contributed by atoms with Crippen LogP contribution in [0.1, 0.15) is 28.0 Å². The van der Waals surface area contributed by atoms with Crippen molar-refractivity contribution in [1.29, 1.82) is 0 Å². The number of hydrogen-bond acceptors (Lipinski definition) is 3. The summed E-state index contributed by atoms with van der Waals surface area (Å²) in [4.78, 5) is 15.0. The highest BCUT2D eigenvalue weighted by molar-refractivity contribution is 14.1. The molecule has 0 amide bonds. The number of hydrogen-bond donors (Lipinski definition) is 0. The Morgan fingerprint density at radius 3 is 2.75 bits per heavy atom. The maximum Gasteiger partial charge on any atom is 0.341 e. The van der Waals surface area contributed by atoms with Gasteiger partial charge in [0.25, 0.3) is 6.43 Å². The smallest absolute Gasteiger partial charge is 0.341 e. The lowest BCUT2D eigenvalue weighted by Crippen LogP contribution is -2.12. The zero-order valence-corrected chi connectivity index (χ0v) is 11.9. The van der Waals surface area contributed by atoms with Crippen molar-refractivity contribution in [3.8, 4) is 0 Å². The lowest BCUT2D eigenvalue weighted by Gasteiger charge is -2.10. The number of carbonyl (C=O) groups excluding carboxylic acids is 1. The molecule has 0 aromatic carbocycles. The molecule has 0 spiro atoms. The summed E-state index contributed by atoms with van der Waals surface area (Å²) in [5, 5.41) is 0.436. The Hall–Kier alpha value is -0.310. The topological polar surface area (TPSA) is 39.2 Å². The van der Waals surface area contributed by atoms with Crippen LogP contribution in [-0.4, -0.2) is 18.1 Å². The second-order valence-corrected chi connectivity index (χ2v) is 4.42. The minimum atomic E-state index is -2.80. The van der Waals surface area contributed by atoms with Crippen LogP contribution in [0.4, 0.5) is 8.78 Å². The van der Waals surface area contributed by atoms with Gasteiger partial charge in [0.05, 0.1) is 7.11 Å². The van der Waals surface area contributed by atoms with E-state index in [4.69, 9.17) is 0 Å². The van der Waals surface area contributed by atoms with E-state index in [0.717, 1.165) is 7.11 Å². The molecule has 0 saturated carbocycles. The Kier molecular flexibility index (Phi) is 5.03. The molecule has 0 aliphatic rings. The molecule has 0 aliphatic heterocycles. The molecule has 88 valence electrons. The van der Waals surface area contributed by atoms with Gasteiger partial charge < -0.3 is 4.74 Å². The highest BCUT2D eigenvalue weighted by Gasteiger charge is 2.25. The van der Waals surface area contributed by atoms with Crippen molar-refractivity contribution in [1.82, 2.24) is 4.98 Å². The maximum atomic E-state index is 12.7. The number of methoxy groups -OCH3 is 1. The van der Waals surface area contributed by atoms with Crippen molar-refractivity contribution >= 4 is 44.5 Å². The number of ether oxygens (including phenoxy) is 1. The molecule has 7 heteroatoms. The van der Waals surface area contributed by atoms with Crippen LogP contribution in [0, 0.1) is 3.57 Å². The number of rotatable bonds is 3. The van der Waals surface area contributed by atoms with E-state index >= 15 is 0 Å². The normalized spacial score (nSPS) is 10.6. The summed E-state index contributed by atoms with van der Waals surface area (Å²) in [6.45, 7) is 0. The zero-order valence-electron chi connectivity index (χ0n) is 8.14. The maximum absolute atomic E-state index is 12.7. The quantitative estimate of drug-likeness (QED) is 0.440. The molecule has 1 aromatic heterocycles. The highest BCUT2D eigenvalue weighted by Crippen LogP contribution is 2.28. The number of carbonyl (C=O) groups is 1. The fourth-order valence-electron chi connectivity index (χ4n) is 1.10. The molecule has 0 atom stereocenters. The lowest BCUT2D eigenvalue weighted by molar-refractivity contribution is 0.0585. The Balaban J connectivity index is 3.42. The van der Waals surface area contributed by atoms with Gasteiger partial charge in [-0.3, -0.25) is 4.98 Å². The van der Waals surface area contributed by atoms with E-state index in [9.17, 15) is 13.6 Å². The van der Waals surface area contributed by atoms with Crippen LogP contribution in [0.15, 0.2) is 6.20 Å². The van der Waals surface area contributed by atoms with Gasteiger partial charge in [-0.2, -0.15) is 0 Å². The van der Waals surface area contributed by atoms with Gasteiger partial charge in [0, 0.05) is 15.1 Å². The summed E-state index contributed by atoms with van der Waals surface area (Å²) < 4.78 is 30.2. The molecule has 16 heavy (non-hydrogen) atoms. The van der Waals surface area contributed by atoms with Gasteiger partial charge in [0.1, 0.15) is 11.3 Å². The Bertz CT molecular complexity index is 415. The van der Waals surface area contributed by atoms with Crippen molar-refractivity contribution in [3.63, 3.8) is 0 Å². The molecule has 0 bridgehead atoms. The largest absolute Gasteiger partial charge is 0.465 e. The van der Waals surface area contributed by atoms with E-state index < -0.39 is 18.1 Å². The van der Waals surface area contributed by atoms with Crippen LogP contribution in [0.25, 0.3) is 0 Å². The van der Waals surface area contributed by atoms with Crippen LogP contribution < -0.4 is 0 Å². The van der Waals surface area contributed by atoms with Gasteiger partial charge in [0.2, 0.25) is 0 Å². The molecule has 0 fully saturated rings. The van der Waals surface area contributed by atoms with Crippen LogP contribution in [0.5, 0.6) is 0 Å². The van der Waals surface area contributed by atoms with Crippen molar-refractivity contribution in [2.75, 3.05) is 7.11 Å². The number of alkyl halides is 3. The predicted octanol–water partition coefficient (Wildman–Crippen LogP) is 3.31. The second-order valence-electron chi connectivity index (χ2n) is 2.78. The average molecular weight is 406 g/mol. The monoisotopic (exact) mass is 405 g/mol. The van der Waals surface area contributed by atoms with Crippen LogP contribution >= 0.6 is 38.5 Å². The highest BCUT2D eigenvalue weighted by atomic mass is 127. The summed E-state index contributed by atoms with van der Waals surface area (Å²) in [6, 6.07) is 0. The average Bonchev–Trinajstić information content (AvgIpc) is 2.27. The van der Waals surface area contributed by atoms with Gasteiger partial charge in [-0.15, -0.1) is 0 Å². The molecule has 0 N–H and O–H groups in total. The standard InChI is InChI=1S/C9H7BrF2INO2/c1-16-9(15)5-6(13)4(2-10)3-14-7(5)8(11)12/h3,8H,2H2,1H3. The minimum absolute atomic E-state index is 0.157. The summed E-state index contributed by atoms with van der Waals surface area (Å²) in [6.07, 6.45) is -1.48. The van der Waals surface area contributed by atoms with E-state index in [1.54, 1.807) is 0 Å². The number of nitrogens with zero attached hydrogens (tertiary/aromatic N) is 1. The molecule has 1 rings (SSSR count). The SMILES string of the molecule is COC(=O)c1c(C(F)F)ncc(CBr)c1I. The molecule has 1 heterocycles. The first-order chi connectivity index (χ1) is 7.52. The molecule has 1 aromatic rings. The summed E-state index contributed by atoms with van der Waals surface area (Å²) >= 11 is 5.03. The number of pyridine rings is 1. The van der Waals surface area contributed by atoms with Crippen molar-refractivity contribution in [2.24, 2.45) is 0 Å². The molecule has 0 radical (unpaired) electrons. The fraction of sp³-hybridized carbons (Fsp3) is 0.333. The van der Waals surface area contributed by atoms with Crippen LogP contribution in [0.3, 0.4) is 0 Å². The first kappa shape index (κ1) is 13.8. The molecular weight excluding hydrogens is 399 g/mol.